The molecule has 140 valence electrons. The van der Waals surface area contributed by atoms with E-state index in [4.69, 9.17) is 4.74 Å². The summed E-state index contributed by atoms with van der Waals surface area (Å²) in [4.78, 5) is 14.2. The van der Waals surface area contributed by atoms with Gasteiger partial charge in [-0.25, -0.2) is 8.42 Å². The van der Waals surface area contributed by atoms with Crippen molar-refractivity contribution in [2.75, 3.05) is 31.3 Å². The highest BCUT2D eigenvalue weighted by atomic mass is 32.2. The maximum atomic E-state index is 12.6. The third kappa shape index (κ3) is 4.70. The molecule has 1 atom stereocenters. The summed E-state index contributed by atoms with van der Waals surface area (Å²) in [5.74, 6) is -0.282. The number of amides is 1. The summed E-state index contributed by atoms with van der Waals surface area (Å²) < 4.78 is 31.2. The van der Waals surface area contributed by atoms with Crippen LogP contribution in [0.25, 0.3) is 0 Å². The molecule has 1 fully saturated rings. The monoisotopic (exact) mass is 377 g/mol. The number of ether oxygens (including phenoxy) is 1. The van der Waals surface area contributed by atoms with Gasteiger partial charge in [0.1, 0.15) is 6.61 Å². The highest BCUT2D eigenvalue weighted by Crippen LogP contribution is 2.26. The fourth-order valence-corrected chi connectivity index (χ4v) is 4.57. The summed E-state index contributed by atoms with van der Waals surface area (Å²) in [6, 6.07) is 9.41. The molecule has 0 unspecified atom stereocenters. The van der Waals surface area contributed by atoms with E-state index >= 15 is 0 Å². The van der Waals surface area contributed by atoms with E-state index in [1.165, 1.54) is 0 Å². The van der Waals surface area contributed by atoms with E-state index in [9.17, 15) is 13.2 Å². The van der Waals surface area contributed by atoms with Gasteiger partial charge >= 0.3 is 0 Å². The zero-order valence-corrected chi connectivity index (χ0v) is 15.6. The molecule has 1 aliphatic heterocycles. The van der Waals surface area contributed by atoms with Crippen molar-refractivity contribution in [2.45, 2.75) is 12.5 Å². The topological polar surface area (TPSA) is 81.5 Å². The van der Waals surface area contributed by atoms with Crippen molar-refractivity contribution in [1.82, 2.24) is 14.7 Å². The molecule has 0 N–H and O–H groups in total. The highest BCUT2D eigenvalue weighted by molar-refractivity contribution is 7.91. The number of hydrogen-bond acceptors (Lipinski definition) is 5. The summed E-state index contributed by atoms with van der Waals surface area (Å²) in [6.45, 7) is 0.575. The average molecular weight is 377 g/mol. The first-order valence-corrected chi connectivity index (χ1v) is 10.4. The van der Waals surface area contributed by atoms with Crippen molar-refractivity contribution in [3.63, 3.8) is 0 Å². The highest BCUT2D eigenvalue weighted by Gasteiger charge is 2.35. The molecule has 1 aromatic carbocycles. The molecule has 26 heavy (non-hydrogen) atoms. The summed E-state index contributed by atoms with van der Waals surface area (Å²) >= 11 is 0. The third-order valence-electron chi connectivity index (χ3n) is 4.46. The third-order valence-corrected chi connectivity index (χ3v) is 6.09. The number of hydrogen-bond donors (Lipinski definition) is 0. The Morgan fingerprint density at radius 2 is 2.08 bits per heavy atom. The van der Waals surface area contributed by atoms with Crippen LogP contribution in [0.5, 0.6) is 0 Å². The lowest BCUT2D eigenvalue weighted by molar-refractivity contribution is -0.138. The summed E-state index contributed by atoms with van der Waals surface area (Å²) in [7, 11) is -1.41. The van der Waals surface area contributed by atoms with E-state index in [1.807, 2.05) is 30.3 Å². The van der Waals surface area contributed by atoms with Crippen molar-refractivity contribution in [1.29, 1.82) is 0 Å². The first-order valence-electron chi connectivity index (χ1n) is 8.55. The molecule has 0 spiro atoms. The minimum absolute atomic E-state index is 0.0144. The molecule has 2 heterocycles. The molecule has 0 aliphatic carbocycles. The van der Waals surface area contributed by atoms with Crippen LogP contribution in [-0.4, -0.2) is 60.3 Å². The second kappa shape index (κ2) is 8.01. The fourth-order valence-electron chi connectivity index (χ4n) is 3.07. The van der Waals surface area contributed by atoms with Crippen LogP contribution < -0.4 is 0 Å². The molecule has 8 heteroatoms. The zero-order chi connectivity index (χ0) is 18.6. The Balaban J connectivity index is 1.59. The van der Waals surface area contributed by atoms with E-state index in [0.29, 0.717) is 6.61 Å². The van der Waals surface area contributed by atoms with Crippen molar-refractivity contribution in [3.8, 4) is 0 Å². The predicted molar refractivity (Wildman–Crippen MR) is 97.3 cm³/mol. The van der Waals surface area contributed by atoms with E-state index in [2.05, 4.69) is 5.10 Å². The van der Waals surface area contributed by atoms with Crippen LogP contribution in [-0.2, 0) is 32.8 Å². The largest absolute Gasteiger partial charge is 0.371 e. The number of sulfone groups is 1. The maximum Gasteiger partial charge on any atom is 0.249 e. The molecule has 1 aliphatic rings. The van der Waals surface area contributed by atoms with Crippen molar-refractivity contribution in [3.05, 3.63) is 53.9 Å². The smallest absolute Gasteiger partial charge is 0.249 e. The Hall–Kier alpha value is -2.19. The average Bonchev–Trinajstić information content (AvgIpc) is 3.05. The van der Waals surface area contributed by atoms with Crippen LogP contribution in [0.15, 0.2) is 42.7 Å². The van der Waals surface area contributed by atoms with Crippen LogP contribution in [0, 0.1) is 0 Å². The van der Waals surface area contributed by atoms with Gasteiger partial charge in [-0.05, 0) is 12.0 Å². The van der Waals surface area contributed by atoms with Gasteiger partial charge in [0.15, 0.2) is 9.84 Å². The van der Waals surface area contributed by atoms with E-state index < -0.39 is 15.9 Å². The van der Waals surface area contributed by atoms with Crippen LogP contribution in [0.3, 0.4) is 0 Å². The maximum absolute atomic E-state index is 12.6. The molecule has 7 nitrogen and oxygen atoms in total. The van der Waals surface area contributed by atoms with Crippen LogP contribution in [0.1, 0.15) is 17.2 Å². The van der Waals surface area contributed by atoms with Gasteiger partial charge in [0, 0.05) is 25.4 Å². The minimum Gasteiger partial charge on any atom is -0.371 e. The first-order chi connectivity index (χ1) is 12.4. The van der Waals surface area contributed by atoms with Gasteiger partial charge in [0.05, 0.1) is 30.4 Å². The standard InChI is InChI=1S/C18H23N3O4S/c1-20-12-16(11-19-20)17-14-26(23,24)10-8-21(17)18(22)13-25-9-7-15-5-3-2-4-6-15/h2-6,11-12,17H,7-10,13-14H2,1H3/t17-/m0/s1. The Bertz CT molecular complexity index is 848. The zero-order valence-electron chi connectivity index (χ0n) is 14.7. The van der Waals surface area contributed by atoms with Gasteiger partial charge in [-0.1, -0.05) is 30.3 Å². The molecule has 1 amide bonds. The van der Waals surface area contributed by atoms with Crippen LogP contribution in [0.4, 0.5) is 0 Å². The SMILES string of the molecule is Cn1cc([C@@H]2CS(=O)(=O)CCN2C(=O)COCCc2ccccc2)cn1. The molecule has 1 saturated heterocycles. The molecule has 0 saturated carbocycles. The van der Waals surface area contributed by atoms with E-state index in [0.717, 1.165) is 17.5 Å². The number of aryl methyl sites for hydroxylation is 1. The molecular formula is C18H23N3O4S. The Kier molecular flexibility index (Phi) is 5.73. The predicted octanol–water partition coefficient (Wildman–Crippen LogP) is 0.978. The van der Waals surface area contributed by atoms with Crippen molar-refractivity contribution in [2.24, 2.45) is 7.05 Å². The Morgan fingerprint density at radius 1 is 1.31 bits per heavy atom. The molecule has 2 aromatic rings. The lowest BCUT2D eigenvalue weighted by Gasteiger charge is -2.35. The number of benzene rings is 1. The Labute approximate surface area is 153 Å². The van der Waals surface area contributed by atoms with E-state index in [-0.39, 0.29) is 30.6 Å². The number of nitrogens with zero attached hydrogens (tertiary/aromatic N) is 3. The van der Waals surface area contributed by atoms with Gasteiger partial charge in [-0.2, -0.15) is 5.10 Å². The van der Waals surface area contributed by atoms with Crippen LogP contribution in [0.2, 0.25) is 0 Å². The van der Waals surface area contributed by atoms with Crippen LogP contribution >= 0.6 is 0 Å². The molecule has 0 radical (unpaired) electrons. The number of carbonyl (C=O) groups excluding carboxylic acids is 1. The van der Waals surface area contributed by atoms with Gasteiger partial charge in [-0.15, -0.1) is 0 Å². The van der Waals surface area contributed by atoms with Crippen molar-refractivity contribution < 1.29 is 17.9 Å². The lowest BCUT2D eigenvalue weighted by Crippen LogP contribution is -2.47. The second-order valence-electron chi connectivity index (χ2n) is 6.45. The molecular weight excluding hydrogens is 354 g/mol. The summed E-state index contributed by atoms with van der Waals surface area (Å²) in [5.41, 5.74) is 1.88. The van der Waals surface area contributed by atoms with Gasteiger partial charge < -0.3 is 9.64 Å². The summed E-state index contributed by atoms with van der Waals surface area (Å²) in [6.07, 6.45) is 4.10. The normalized spacial score (nSPS) is 19.4. The van der Waals surface area contributed by atoms with Gasteiger partial charge in [0.2, 0.25) is 5.91 Å². The molecule has 1 aromatic heterocycles. The number of aromatic nitrogens is 2. The van der Waals surface area contributed by atoms with Crippen molar-refractivity contribution >= 4 is 15.7 Å². The second-order valence-corrected chi connectivity index (χ2v) is 8.68. The summed E-state index contributed by atoms with van der Waals surface area (Å²) in [5, 5.41) is 4.09. The van der Waals surface area contributed by atoms with Gasteiger partial charge in [0.25, 0.3) is 0 Å². The quantitative estimate of drug-likeness (QED) is 0.701. The lowest BCUT2D eigenvalue weighted by atomic mass is 10.1. The molecule has 0 bridgehead atoms. The Morgan fingerprint density at radius 3 is 2.77 bits per heavy atom. The van der Waals surface area contributed by atoms with E-state index in [1.54, 1.807) is 29.0 Å². The molecule has 3 rings (SSSR count). The number of carbonyl (C=O) groups is 1. The first kappa shape index (κ1) is 18.6. The fraction of sp³-hybridized carbons (Fsp3) is 0.444. The minimum atomic E-state index is -3.17. The number of rotatable bonds is 6. The van der Waals surface area contributed by atoms with Gasteiger partial charge in [-0.3, -0.25) is 9.48 Å².